The number of carbonyl (C=O) groups is 1. The lowest BCUT2D eigenvalue weighted by molar-refractivity contribution is 0.101. The minimum atomic E-state index is -0.216. The summed E-state index contributed by atoms with van der Waals surface area (Å²) in [7, 11) is 0. The van der Waals surface area contributed by atoms with Crippen molar-refractivity contribution in [1.29, 1.82) is 0 Å². The van der Waals surface area contributed by atoms with Crippen LogP contribution in [0.2, 0.25) is 0 Å². The van der Waals surface area contributed by atoms with E-state index >= 15 is 0 Å². The van der Waals surface area contributed by atoms with E-state index in [2.05, 4.69) is 10.3 Å². The number of nitrogens with zero attached hydrogens (tertiary/aromatic N) is 1. The number of anilines is 1. The maximum Gasteiger partial charge on any atom is 0.259 e. The number of nitrogens with one attached hydrogen (secondary N) is 1. The van der Waals surface area contributed by atoms with Crippen LogP contribution in [0.4, 0.5) is 5.69 Å². The van der Waals surface area contributed by atoms with Gasteiger partial charge in [0.1, 0.15) is 13.2 Å². The summed E-state index contributed by atoms with van der Waals surface area (Å²) < 4.78 is 12.1. The molecule has 0 spiro atoms. The van der Waals surface area contributed by atoms with Gasteiger partial charge in [0.05, 0.1) is 21.3 Å². The molecule has 0 saturated heterocycles. The third-order valence-corrected chi connectivity index (χ3v) is 4.19. The number of ether oxygens (including phenoxy) is 2. The van der Waals surface area contributed by atoms with Crippen molar-refractivity contribution in [1.82, 2.24) is 4.98 Å². The molecule has 3 aromatic rings. The molecule has 0 aliphatic carbocycles. The summed E-state index contributed by atoms with van der Waals surface area (Å²) in [5.41, 5.74) is 3.92. The SMILES string of the molecule is O=C(Nc1ccc2ncsc2c1)c1cccc2c1OCCO2. The third-order valence-electron chi connectivity index (χ3n) is 3.40. The molecular weight excluding hydrogens is 300 g/mol. The van der Waals surface area contributed by atoms with Crippen LogP contribution in [0.25, 0.3) is 10.2 Å². The van der Waals surface area contributed by atoms with Crippen LogP contribution >= 0.6 is 11.3 Å². The van der Waals surface area contributed by atoms with Crippen LogP contribution in [0, 0.1) is 0 Å². The van der Waals surface area contributed by atoms with Crippen molar-refractivity contribution in [2.24, 2.45) is 0 Å². The van der Waals surface area contributed by atoms with E-state index in [0.717, 1.165) is 15.9 Å². The van der Waals surface area contributed by atoms with Gasteiger partial charge in [0.15, 0.2) is 11.5 Å². The molecule has 2 heterocycles. The van der Waals surface area contributed by atoms with E-state index in [-0.39, 0.29) is 5.91 Å². The summed E-state index contributed by atoms with van der Waals surface area (Å²) in [5, 5.41) is 2.89. The maximum atomic E-state index is 12.5. The average Bonchev–Trinajstić information content (AvgIpc) is 3.02. The predicted octanol–water partition coefficient (Wildman–Crippen LogP) is 3.32. The molecule has 1 aliphatic rings. The first-order valence-corrected chi connectivity index (χ1v) is 7.72. The number of benzene rings is 2. The van der Waals surface area contributed by atoms with Gasteiger partial charge in [0, 0.05) is 5.69 Å². The molecule has 4 rings (SSSR count). The van der Waals surface area contributed by atoms with Crippen molar-refractivity contribution >= 4 is 33.1 Å². The number of para-hydroxylation sites is 1. The Balaban J connectivity index is 1.64. The Bertz CT molecular complexity index is 859. The molecule has 0 unspecified atom stereocenters. The van der Waals surface area contributed by atoms with Crippen LogP contribution in [0.3, 0.4) is 0 Å². The molecule has 0 atom stereocenters. The highest BCUT2D eigenvalue weighted by atomic mass is 32.1. The van der Waals surface area contributed by atoms with E-state index in [9.17, 15) is 4.79 Å². The van der Waals surface area contributed by atoms with Crippen LogP contribution in [0.1, 0.15) is 10.4 Å². The van der Waals surface area contributed by atoms with Crippen molar-refractivity contribution < 1.29 is 14.3 Å². The Kier molecular flexibility index (Phi) is 3.16. The first-order chi connectivity index (χ1) is 10.8. The normalized spacial score (nSPS) is 13.1. The van der Waals surface area contributed by atoms with E-state index in [4.69, 9.17) is 9.47 Å². The number of thiazole rings is 1. The number of hydrogen-bond acceptors (Lipinski definition) is 5. The zero-order valence-electron chi connectivity index (χ0n) is 11.5. The van der Waals surface area contributed by atoms with Gasteiger partial charge in [-0.1, -0.05) is 6.07 Å². The molecule has 1 N–H and O–H groups in total. The molecule has 1 amide bonds. The number of rotatable bonds is 2. The van der Waals surface area contributed by atoms with E-state index in [1.165, 1.54) is 0 Å². The van der Waals surface area contributed by atoms with Gasteiger partial charge < -0.3 is 14.8 Å². The quantitative estimate of drug-likeness (QED) is 0.788. The molecule has 2 aromatic carbocycles. The standard InChI is InChI=1S/C16H12N2O3S/c19-16(11-2-1-3-13-15(11)21-7-6-20-13)18-10-4-5-12-14(8-10)22-9-17-12/h1-5,8-9H,6-7H2,(H,18,19). The van der Waals surface area contributed by atoms with Crippen LogP contribution in [-0.4, -0.2) is 24.1 Å². The fourth-order valence-corrected chi connectivity index (χ4v) is 3.10. The number of hydrogen-bond donors (Lipinski definition) is 1. The van der Waals surface area contributed by atoms with Gasteiger partial charge in [-0.3, -0.25) is 4.79 Å². The monoisotopic (exact) mass is 312 g/mol. The second-order valence-corrected chi connectivity index (χ2v) is 5.71. The second-order valence-electron chi connectivity index (χ2n) is 4.82. The lowest BCUT2D eigenvalue weighted by atomic mass is 10.1. The van der Waals surface area contributed by atoms with Crippen LogP contribution in [0.5, 0.6) is 11.5 Å². The first-order valence-electron chi connectivity index (χ1n) is 6.84. The van der Waals surface area contributed by atoms with Crippen molar-refractivity contribution in [2.45, 2.75) is 0 Å². The summed E-state index contributed by atoms with van der Waals surface area (Å²) in [6.45, 7) is 0.949. The highest BCUT2D eigenvalue weighted by Gasteiger charge is 2.20. The Labute approximate surface area is 130 Å². The molecule has 0 saturated carbocycles. The van der Waals surface area contributed by atoms with Crippen LogP contribution < -0.4 is 14.8 Å². The lowest BCUT2D eigenvalue weighted by Crippen LogP contribution is -2.20. The Morgan fingerprint density at radius 2 is 2.09 bits per heavy atom. The highest BCUT2D eigenvalue weighted by Crippen LogP contribution is 2.34. The van der Waals surface area contributed by atoms with Crippen LogP contribution in [0.15, 0.2) is 41.9 Å². The van der Waals surface area contributed by atoms with Crippen molar-refractivity contribution in [3.8, 4) is 11.5 Å². The molecule has 0 bridgehead atoms. The Morgan fingerprint density at radius 1 is 1.18 bits per heavy atom. The first kappa shape index (κ1) is 13.1. The third kappa shape index (κ3) is 2.27. The molecule has 0 radical (unpaired) electrons. The summed E-state index contributed by atoms with van der Waals surface area (Å²) in [6.07, 6.45) is 0. The Hall–Kier alpha value is -2.60. The number of amides is 1. The van der Waals surface area contributed by atoms with Crippen molar-refractivity contribution in [3.63, 3.8) is 0 Å². The van der Waals surface area contributed by atoms with E-state index < -0.39 is 0 Å². The van der Waals surface area contributed by atoms with E-state index in [1.54, 1.807) is 35.0 Å². The Morgan fingerprint density at radius 3 is 3.05 bits per heavy atom. The summed E-state index contributed by atoms with van der Waals surface area (Å²) >= 11 is 1.54. The maximum absolute atomic E-state index is 12.5. The van der Waals surface area contributed by atoms with Crippen molar-refractivity contribution in [2.75, 3.05) is 18.5 Å². The molecule has 5 nitrogen and oxygen atoms in total. The fraction of sp³-hybridized carbons (Fsp3) is 0.125. The predicted molar refractivity (Wildman–Crippen MR) is 85.0 cm³/mol. The fourth-order valence-electron chi connectivity index (χ4n) is 2.38. The molecule has 1 aromatic heterocycles. The van der Waals surface area contributed by atoms with E-state index in [1.807, 2.05) is 18.2 Å². The van der Waals surface area contributed by atoms with Gasteiger partial charge in [-0.05, 0) is 30.3 Å². The van der Waals surface area contributed by atoms with Gasteiger partial charge in [0.2, 0.25) is 0 Å². The number of carbonyl (C=O) groups excluding carboxylic acids is 1. The van der Waals surface area contributed by atoms with Gasteiger partial charge in [0.25, 0.3) is 5.91 Å². The lowest BCUT2D eigenvalue weighted by Gasteiger charge is -2.20. The van der Waals surface area contributed by atoms with Gasteiger partial charge in [-0.2, -0.15) is 0 Å². The second kappa shape index (κ2) is 5.31. The van der Waals surface area contributed by atoms with Gasteiger partial charge in [-0.25, -0.2) is 4.98 Å². The van der Waals surface area contributed by atoms with Gasteiger partial charge in [-0.15, -0.1) is 11.3 Å². The largest absolute Gasteiger partial charge is 0.486 e. The molecule has 1 aliphatic heterocycles. The molecule has 110 valence electrons. The number of fused-ring (bicyclic) bond motifs is 2. The molecule has 22 heavy (non-hydrogen) atoms. The summed E-state index contributed by atoms with van der Waals surface area (Å²) in [6, 6.07) is 11.0. The van der Waals surface area contributed by atoms with Crippen molar-refractivity contribution in [3.05, 3.63) is 47.5 Å². The highest BCUT2D eigenvalue weighted by molar-refractivity contribution is 7.16. The van der Waals surface area contributed by atoms with Crippen LogP contribution in [-0.2, 0) is 0 Å². The molecular formula is C16H12N2O3S. The van der Waals surface area contributed by atoms with Gasteiger partial charge >= 0.3 is 0 Å². The minimum Gasteiger partial charge on any atom is -0.486 e. The smallest absolute Gasteiger partial charge is 0.259 e. The zero-order chi connectivity index (χ0) is 14.9. The topological polar surface area (TPSA) is 60.5 Å². The number of aromatic nitrogens is 1. The molecule has 0 fully saturated rings. The zero-order valence-corrected chi connectivity index (χ0v) is 12.4. The molecule has 6 heteroatoms. The average molecular weight is 312 g/mol. The minimum absolute atomic E-state index is 0.216. The van der Waals surface area contributed by atoms with E-state index in [0.29, 0.717) is 30.3 Å². The summed E-state index contributed by atoms with van der Waals surface area (Å²) in [4.78, 5) is 16.7. The summed E-state index contributed by atoms with van der Waals surface area (Å²) in [5.74, 6) is 0.896.